The third kappa shape index (κ3) is 4.27. The van der Waals surface area contributed by atoms with Gasteiger partial charge in [-0.15, -0.1) is 13.2 Å². The fourth-order valence-corrected chi connectivity index (χ4v) is 1.24. The molecule has 0 atom stereocenters. The molecule has 0 amide bonds. The Hall–Kier alpha value is -1.73. The van der Waals surface area contributed by atoms with Gasteiger partial charge in [-0.1, -0.05) is 0 Å². The van der Waals surface area contributed by atoms with Crippen LogP contribution in [0.3, 0.4) is 0 Å². The van der Waals surface area contributed by atoms with Crippen LogP contribution in [0.1, 0.15) is 0 Å². The van der Waals surface area contributed by atoms with Crippen molar-refractivity contribution in [3.63, 3.8) is 0 Å². The first-order valence-corrected chi connectivity index (χ1v) is 4.71. The van der Waals surface area contributed by atoms with Crippen molar-refractivity contribution in [2.24, 2.45) is 0 Å². The van der Waals surface area contributed by atoms with Gasteiger partial charge in [0.25, 0.3) is 0 Å². The average Bonchev–Trinajstić information content (AvgIpc) is 2.17. The third-order valence-corrected chi connectivity index (χ3v) is 1.86. The molecule has 102 valence electrons. The topological polar surface area (TPSA) is 21.7 Å². The molecule has 0 unspecified atom stereocenters. The summed E-state index contributed by atoms with van der Waals surface area (Å²) >= 11 is 0. The minimum Gasteiger partial charge on any atom is -0.433 e. The van der Waals surface area contributed by atoms with E-state index in [0.29, 0.717) is 0 Å². The number of rotatable bonds is 4. The Morgan fingerprint density at radius 2 is 1.78 bits per heavy atom. The largest absolute Gasteiger partial charge is 0.573 e. The molecule has 1 aromatic rings. The molecule has 0 bridgehead atoms. The van der Waals surface area contributed by atoms with Gasteiger partial charge < -0.3 is 14.4 Å². The molecule has 18 heavy (non-hydrogen) atoms. The summed E-state index contributed by atoms with van der Waals surface area (Å²) in [7, 11) is 2.95. The van der Waals surface area contributed by atoms with E-state index in [9.17, 15) is 22.0 Å². The normalized spacial score (nSPS) is 11.6. The molecule has 0 N–H and O–H groups in total. The Labute approximate surface area is 99.7 Å². The van der Waals surface area contributed by atoms with Gasteiger partial charge in [-0.05, 0) is 12.1 Å². The van der Waals surface area contributed by atoms with E-state index in [1.165, 1.54) is 19.0 Å². The number of ether oxygens (including phenoxy) is 2. The highest BCUT2D eigenvalue weighted by Crippen LogP contribution is 2.34. The number of anilines is 1. The molecule has 0 fully saturated rings. The zero-order chi connectivity index (χ0) is 13.9. The lowest BCUT2D eigenvalue weighted by atomic mass is 10.2. The zero-order valence-corrected chi connectivity index (χ0v) is 9.46. The predicted octanol–water partition coefficient (Wildman–Crippen LogP) is 3.25. The monoisotopic (exact) mass is 271 g/mol. The lowest BCUT2D eigenvalue weighted by molar-refractivity contribution is -0.274. The maximum Gasteiger partial charge on any atom is 0.573 e. The molecule has 0 aromatic heterocycles. The number of alkyl halides is 5. The molecule has 0 aliphatic rings. The zero-order valence-electron chi connectivity index (χ0n) is 9.46. The molecule has 0 spiro atoms. The van der Waals surface area contributed by atoms with Crippen LogP contribution in [0.4, 0.5) is 27.6 Å². The predicted molar refractivity (Wildman–Crippen MR) is 54.1 cm³/mol. The van der Waals surface area contributed by atoms with E-state index in [1.807, 2.05) is 0 Å². The maximum atomic E-state index is 12.1. The summed E-state index contributed by atoms with van der Waals surface area (Å²) in [5.74, 6) is -0.739. The molecule has 0 heterocycles. The average molecular weight is 271 g/mol. The van der Waals surface area contributed by atoms with Crippen molar-refractivity contribution in [3.05, 3.63) is 18.2 Å². The van der Waals surface area contributed by atoms with E-state index in [-0.39, 0.29) is 11.4 Å². The van der Waals surface area contributed by atoms with Gasteiger partial charge in [0.1, 0.15) is 11.5 Å². The maximum absolute atomic E-state index is 12.1. The highest BCUT2D eigenvalue weighted by atomic mass is 19.4. The number of hydrogen-bond acceptors (Lipinski definition) is 3. The molecule has 0 saturated heterocycles. The Kier molecular flexibility index (Phi) is 4.20. The van der Waals surface area contributed by atoms with Gasteiger partial charge >= 0.3 is 13.0 Å². The van der Waals surface area contributed by atoms with E-state index < -0.39 is 18.7 Å². The fraction of sp³-hybridized carbons (Fsp3) is 0.400. The SMILES string of the molecule is CN(C)c1cc(OC(F)(F)F)ccc1OC(F)F. The molecule has 3 nitrogen and oxygen atoms in total. The van der Waals surface area contributed by atoms with E-state index >= 15 is 0 Å². The lowest BCUT2D eigenvalue weighted by Crippen LogP contribution is -2.18. The molecule has 0 aliphatic carbocycles. The van der Waals surface area contributed by atoms with Crippen LogP contribution in [0.5, 0.6) is 11.5 Å². The smallest absolute Gasteiger partial charge is 0.433 e. The van der Waals surface area contributed by atoms with Crippen molar-refractivity contribution in [2.75, 3.05) is 19.0 Å². The van der Waals surface area contributed by atoms with Crippen LogP contribution < -0.4 is 14.4 Å². The van der Waals surface area contributed by atoms with Crippen LogP contribution in [0.2, 0.25) is 0 Å². The number of nitrogens with zero attached hydrogens (tertiary/aromatic N) is 1. The van der Waals surface area contributed by atoms with Crippen molar-refractivity contribution >= 4 is 5.69 Å². The van der Waals surface area contributed by atoms with Crippen molar-refractivity contribution < 1.29 is 31.4 Å². The highest BCUT2D eigenvalue weighted by molar-refractivity contribution is 5.60. The van der Waals surface area contributed by atoms with Crippen LogP contribution in [-0.4, -0.2) is 27.1 Å². The second-order valence-corrected chi connectivity index (χ2v) is 3.45. The number of benzene rings is 1. The minimum atomic E-state index is -4.84. The van der Waals surface area contributed by atoms with E-state index in [0.717, 1.165) is 18.2 Å². The highest BCUT2D eigenvalue weighted by Gasteiger charge is 2.31. The van der Waals surface area contributed by atoms with Crippen LogP contribution in [-0.2, 0) is 0 Å². The van der Waals surface area contributed by atoms with Crippen LogP contribution in [0.15, 0.2) is 18.2 Å². The Balaban J connectivity index is 3.03. The van der Waals surface area contributed by atoms with Crippen molar-refractivity contribution in [3.8, 4) is 11.5 Å². The molecular formula is C10H10F5NO2. The van der Waals surface area contributed by atoms with E-state index in [1.54, 1.807) is 0 Å². The lowest BCUT2D eigenvalue weighted by Gasteiger charge is -2.19. The summed E-state index contributed by atoms with van der Waals surface area (Å²) in [5, 5.41) is 0. The summed E-state index contributed by atoms with van der Waals surface area (Å²) < 4.78 is 68.0. The molecular weight excluding hydrogens is 261 g/mol. The summed E-state index contributed by atoms with van der Waals surface area (Å²) in [5.41, 5.74) is 0.0528. The van der Waals surface area contributed by atoms with Gasteiger partial charge in [0, 0.05) is 20.2 Å². The van der Waals surface area contributed by atoms with Crippen molar-refractivity contribution in [2.45, 2.75) is 13.0 Å². The summed E-state index contributed by atoms with van der Waals surface area (Å²) in [6, 6.07) is 2.85. The second kappa shape index (κ2) is 5.28. The Bertz CT molecular complexity index is 406. The first-order chi connectivity index (χ1) is 8.19. The fourth-order valence-electron chi connectivity index (χ4n) is 1.24. The first kappa shape index (κ1) is 14.3. The van der Waals surface area contributed by atoms with Crippen molar-refractivity contribution in [1.29, 1.82) is 0 Å². The van der Waals surface area contributed by atoms with Gasteiger partial charge in [-0.2, -0.15) is 8.78 Å². The summed E-state index contributed by atoms with van der Waals surface area (Å²) in [4.78, 5) is 1.33. The quantitative estimate of drug-likeness (QED) is 0.785. The van der Waals surface area contributed by atoms with E-state index in [2.05, 4.69) is 9.47 Å². The Morgan fingerprint density at radius 3 is 2.22 bits per heavy atom. The van der Waals surface area contributed by atoms with Gasteiger partial charge in [0.2, 0.25) is 0 Å². The summed E-state index contributed by atoms with van der Waals surface area (Å²) in [6.45, 7) is -3.06. The van der Waals surface area contributed by atoms with Crippen molar-refractivity contribution in [1.82, 2.24) is 0 Å². The van der Waals surface area contributed by atoms with Gasteiger partial charge in [-0.25, -0.2) is 0 Å². The molecule has 8 heteroatoms. The first-order valence-electron chi connectivity index (χ1n) is 4.71. The van der Waals surface area contributed by atoms with Crippen LogP contribution in [0.25, 0.3) is 0 Å². The number of hydrogen-bond donors (Lipinski definition) is 0. The minimum absolute atomic E-state index is 0.0528. The number of halogens is 5. The van der Waals surface area contributed by atoms with E-state index in [4.69, 9.17) is 0 Å². The third-order valence-electron chi connectivity index (χ3n) is 1.86. The van der Waals surface area contributed by atoms with Gasteiger partial charge in [0.05, 0.1) is 5.69 Å². The molecule has 0 aliphatic heterocycles. The molecule has 1 aromatic carbocycles. The van der Waals surface area contributed by atoms with Gasteiger partial charge in [0.15, 0.2) is 0 Å². The molecule has 0 saturated carbocycles. The molecule has 1 rings (SSSR count). The summed E-state index contributed by atoms with van der Waals surface area (Å²) in [6.07, 6.45) is -4.84. The van der Waals surface area contributed by atoms with Gasteiger partial charge in [-0.3, -0.25) is 0 Å². The van der Waals surface area contributed by atoms with Crippen LogP contribution >= 0.6 is 0 Å². The van der Waals surface area contributed by atoms with Crippen LogP contribution in [0, 0.1) is 0 Å². The standard InChI is InChI=1S/C10H10F5NO2/c1-16(2)7-5-6(18-10(13,14)15)3-4-8(7)17-9(11)12/h3-5,9H,1-2H3. The Morgan fingerprint density at radius 1 is 1.17 bits per heavy atom. The second-order valence-electron chi connectivity index (χ2n) is 3.45. The molecule has 0 radical (unpaired) electrons.